The van der Waals surface area contributed by atoms with Gasteiger partial charge in [-0.05, 0) is 11.6 Å². The Morgan fingerprint density at radius 2 is 2.06 bits per heavy atom. The first kappa shape index (κ1) is 13.4. The third kappa shape index (κ3) is 4.36. The van der Waals surface area contributed by atoms with E-state index in [0.29, 0.717) is 11.3 Å². The summed E-state index contributed by atoms with van der Waals surface area (Å²) >= 11 is 0. The molecular formula is C11H14F2N2O2. The molecule has 4 nitrogen and oxygen atoms in total. The van der Waals surface area contributed by atoms with E-state index in [4.69, 9.17) is 10.8 Å². The number of carbonyl (C=O) groups is 1. The molecule has 94 valence electrons. The smallest absolute Gasteiger partial charge is 0.287 e. The molecule has 1 rings (SSSR count). The maximum Gasteiger partial charge on any atom is 0.287 e. The highest BCUT2D eigenvalue weighted by Crippen LogP contribution is 2.12. The normalized spacial score (nSPS) is 11.2. The summed E-state index contributed by atoms with van der Waals surface area (Å²) in [7, 11) is 0. The molecule has 0 aliphatic rings. The Morgan fingerprint density at radius 3 is 2.65 bits per heavy atom. The number of benzene rings is 1. The molecule has 0 heterocycles. The molecule has 6 heteroatoms. The van der Waals surface area contributed by atoms with Crippen molar-refractivity contribution in [1.82, 2.24) is 5.32 Å². The summed E-state index contributed by atoms with van der Waals surface area (Å²) in [6, 6.07) is 6.71. The maximum absolute atomic E-state index is 12.6. The zero-order valence-corrected chi connectivity index (χ0v) is 9.12. The van der Waals surface area contributed by atoms with Crippen molar-refractivity contribution in [3.05, 3.63) is 29.8 Å². The molecule has 0 aliphatic carbocycles. The molecule has 0 spiro atoms. The third-order valence-corrected chi connectivity index (χ3v) is 2.18. The number of carbonyl (C=O) groups excluding carboxylic acids is 1. The Bertz CT molecular complexity index is 397. The van der Waals surface area contributed by atoms with Gasteiger partial charge in [0.2, 0.25) is 5.91 Å². The molecule has 0 aromatic heterocycles. The Hall–Kier alpha value is -1.69. The molecule has 0 bridgehead atoms. The van der Waals surface area contributed by atoms with E-state index >= 15 is 0 Å². The molecule has 0 saturated carbocycles. The second kappa shape index (κ2) is 5.58. The van der Waals surface area contributed by atoms with Gasteiger partial charge in [-0.1, -0.05) is 18.2 Å². The first-order valence-corrected chi connectivity index (χ1v) is 5.03. The largest absolute Gasteiger partial charge is 0.398 e. The molecule has 0 unspecified atom stereocenters. The van der Waals surface area contributed by atoms with Crippen molar-refractivity contribution in [3.8, 4) is 0 Å². The summed E-state index contributed by atoms with van der Waals surface area (Å²) in [6.45, 7) is -2.17. The van der Waals surface area contributed by atoms with Gasteiger partial charge in [-0.25, -0.2) is 8.78 Å². The number of nitrogens with two attached hydrogens (primary N) is 1. The number of hydrogen-bond acceptors (Lipinski definition) is 3. The first-order valence-electron chi connectivity index (χ1n) is 5.03. The highest BCUT2D eigenvalue weighted by Gasteiger charge is 2.28. The number of nitrogen functional groups attached to an aromatic ring is 1. The van der Waals surface area contributed by atoms with E-state index in [1.807, 2.05) is 5.32 Å². The SMILES string of the molecule is Nc1ccccc1CC(=O)NCC(F)(F)CO. The van der Waals surface area contributed by atoms with Crippen molar-refractivity contribution in [2.45, 2.75) is 12.3 Å². The number of nitrogens with one attached hydrogen (secondary N) is 1. The zero-order valence-electron chi connectivity index (χ0n) is 9.12. The van der Waals surface area contributed by atoms with Crippen molar-refractivity contribution >= 4 is 11.6 Å². The summed E-state index contributed by atoms with van der Waals surface area (Å²) in [5.74, 6) is -3.85. The first-order chi connectivity index (χ1) is 7.94. The highest BCUT2D eigenvalue weighted by molar-refractivity contribution is 5.80. The van der Waals surface area contributed by atoms with Crippen LogP contribution in [0.25, 0.3) is 0 Å². The number of anilines is 1. The number of aliphatic hydroxyl groups excluding tert-OH is 1. The standard InChI is InChI=1S/C11H14F2N2O2/c12-11(13,7-16)6-15-10(17)5-8-3-1-2-4-9(8)14/h1-4,16H,5-7,14H2,(H,15,17). The summed E-state index contributed by atoms with van der Waals surface area (Å²) in [6.07, 6.45) is -0.0613. The summed E-state index contributed by atoms with van der Waals surface area (Å²) in [4.78, 5) is 11.3. The van der Waals surface area contributed by atoms with Crippen LogP contribution in [0.4, 0.5) is 14.5 Å². The van der Waals surface area contributed by atoms with E-state index in [0.717, 1.165) is 0 Å². The van der Waals surface area contributed by atoms with Gasteiger partial charge in [0.1, 0.15) is 6.61 Å². The van der Waals surface area contributed by atoms with Crippen molar-refractivity contribution < 1.29 is 18.7 Å². The van der Waals surface area contributed by atoms with Crippen molar-refractivity contribution in [3.63, 3.8) is 0 Å². The highest BCUT2D eigenvalue weighted by atomic mass is 19.3. The lowest BCUT2D eigenvalue weighted by Gasteiger charge is -2.14. The molecule has 0 fully saturated rings. The fourth-order valence-corrected chi connectivity index (χ4v) is 1.21. The van der Waals surface area contributed by atoms with E-state index in [-0.39, 0.29) is 6.42 Å². The molecule has 17 heavy (non-hydrogen) atoms. The van der Waals surface area contributed by atoms with E-state index < -0.39 is 25.0 Å². The van der Waals surface area contributed by atoms with Crippen LogP contribution >= 0.6 is 0 Å². The lowest BCUT2D eigenvalue weighted by Crippen LogP contribution is -2.39. The second-order valence-electron chi connectivity index (χ2n) is 3.67. The van der Waals surface area contributed by atoms with Gasteiger partial charge in [0.05, 0.1) is 13.0 Å². The van der Waals surface area contributed by atoms with Crippen LogP contribution in [0.5, 0.6) is 0 Å². The minimum absolute atomic E-state index is 0.0613. The van der Waals surface area contributed by atoms with Crippen LogP contribution in [-0.4, -0.2) is 30.1 Å². The van der Waals surface area contributed by atoms with Crippen molar-refractivity contribution in [1.29, 1.82) is 0 Å². The molecule has 0 atom stereocenters. The zero-order chi connectivity index (χ0) is 12.9. The van der Waals surface area contributed by atoms with Crippen LogP contribution in [0.15, 0.2) is 24.3 Å². The average Bonchev–Trinajstić information content (AvgIpc) is 2.30. The number of alkyl halides is 2. The molecule has 0 aliphatic heterocycles. The fourth-order valence-electron chi connectivity index (χ4n) is 1.21. The average molecular weight is 244 g/mol. The van der Waals surface area contributed by atoms with Gasteiger partial charge in [0.15, 0.2) is 0 Å². The molecule has 1 aromatic carbocycles. The van der Waals surface area contributed by atoms with E-state index in [1.54, 1.807) is 24.3 Å². The Labute approximate surface area is 97.4 Å². The van der Waals surface area contributed by atoms with Gasteiger partial charge in [0.25, 0.3) is 5.92 Å². The van der Waals surface area contributed by atoms with Gasteiger partial charge in [-0.15, -0.1) is 0 Å². The monoisotopic (exact) mass is 244 g/mol. The Balaban J connectivity index is 2.48. The summed E-state index contributed by atoms with van der Waals surface area (Å²) in [5, 5.41) is 10.4. The van der Waals surface area contributed by atoms with Gasteiger partial charge in [0, 0.05) is 5.69 Å². The van der Waals surface area contributed by atoms with E-state index in [2.05, 4.69) is 0 Å². The van der Waals surface area contributed by atoms with Gasteiger partial charge >= 0.3 is 0 Å². The minimum atomic E-state index is -3.29. The van der Waals surface area contributed by atoms with Gasteiger partial charge < -0.3 is 16.2 Å². The minimum Gasteiger partial charge on any atom is -0.398 e. The van der Waals surface area contributed by atoms with Crippen molar-refractivity contribution in [2.75, 3.05) is 18.9 Å². The number of hydrogen-bond donors (Lipinski definition) is 3. The molecule has 1 amide bonds. The Morgan fingerprint density at radius 1 is 1.41 bits per heavy atom. The van der Waals surface area contributed by atoms with Crippen LogP contribution in [0.3, 0.4) is 0 Å². The number of aliphatic hydroxyl groups is 1. The topological polar surface area (TPSA) is 75.4 Å². The number of rotatable bonds is 5. The fraction of sp³-hybridized carbons (Fsp3) is 0.364. The molecule has 1 aromatic rings. The lowest BCUT2D eigenvalue weighted by molar-refractivity contribution is -0.123. The molecule has 0 radical (unpaired) electrons. The second-order valence-corrected chi connectivity index (χ2v) is 3.67. The van der Waals surface area contributed by atoms with Crippen LogP contribution in [0.2, 0.25) is 0 Å². The number of para-hydroxylation sites is 1. The molecular weight excluding hydrogens is 230 g/mol. The maximum atomic E-state index is 12.6. The van der Waals surface area contributed by atoms with Crippen LogP contribution in [0, 0.1) is 0 Å². The quantitative estimate of drug-likeness (QED) is 0.662. The van der Waals surface area contributed by atoms with Crippen LogP contribution in [-0.2, 0) is 11.2 Å². The van der Waals surface area contributed by atoms with Crippen LogP contribution < -0.4 is 11.1 Å². The predicted octanol–water partition coefficient (Wildman–Crippen LogP) is 0.555. The van der Waals surface area contributed by atoms with E-state index in [1.165, 1.54) is 0 Å². The Kier molecular flexibility index (Phi) is 4.39. The summed E-state index contributed by atoms with van der Waals surface area (Å²) in [5.41, 5.74) is 6.63. The third-order valence-electron chi connectivity index (χ3n) is 2.18. The van der Waals surface area contributed by atoms with Gasteiger partial charge in [-0.2, -0.15) is 0 Å². The predicted molar refractivity (Wildman–Crippen MR) is 59.6 cm³/mol. The lowest BCUT2D eigenvalue weighted by atomic mass is 10.1. The van der Waals surface area contributed by atoms with Gasteiger partial charge in [-0.3, -0.25) is 4.79 Å². The summed E-state index contributed by atoms with van der Waals surface area (Å²) < 4.78 is 25.3. The van der Waals surface area contributed by atoms with E-state index in [9.17, 15) is 13.6 Å². The van der Waals surface area contributed by atoms with Crippen LogP contribution in [0.1, 0.15) is 5.56 Å². The number of halogens is 2. The molecule has 0 saturated heterocycles. The van der Waals surface area contributed by atoms with Crippen molar-refractivity contribution in [2.24, 2.45) is 0 Å². The number of amides is 1. The molecule has 4 N–H and O–H groups in total.